The van der Waals surface area contributed by atoms with Crippen LogP contribution in [-0.4, -0.2) is 21.6 Å². The van der Waals surface area contributed by atoms with Gasteiger partial charge in [0.1, 0.15) is 0 Å². The summed E-state index contributed by atoms with van der Waals surface area (Å²) in [6.07, 6.45) is 0. The Balaban J connectivity index is 1.91. The van der Waals surface area contributed by atoms with Crippen molar-refractivity contribution in [3.05, 3.63) is 56.5 Å². The molecule has 0 atom stereocenters. The SMILES string of the molecule is Nc1cccc2c1C(=O)N(Cc1ccc([N+](=O)[O-])s1)C2=O. The molecule has 1 aliphatic rings. The molecule has 2 aromatic rings. The number of hydrogen-bond acceptors (Lipinski definition) is 6. The molecule has 106 valence electrons. The van der Waals surface area contributed by atoms with Crippen LogP contribution >= 0.6 is 11.3 Å². The zero-order valence-corrected chi connectivity index (χ0v) is 11.4. The largest absolute Gasteiger partial charge is 0.398 e. The van der Waals surface area contributed by atoms with Crippen molar-refractivity contribution in [2.24, 2.45) is 0 Å². The van der Waals surface area contributed by atoms with Crippen molar-refractivity contribution in [3.63, 3.8) is 0 Å². The summed E-state index contributed by atoms with van der Waals surface area (Å²) in [5.41, 5.74) is 6.46. The lowest BCUT2D eigenvalue weighted by Gasteiger charge is -2.11. The van der Waals surface area contributed by atoms with Crippen LogP contribution in [0.5, 0.6) is 0 Å². The van der Waals surface area contributed by atoms with Crippen LogP contribution in [0.3, 0.4) is 0 Å². The number of nitro groups is 1. The molecule has 0 saturated heterocycles. The molecule has 21 heavy (non-hydrogen) atoms. The quantitative estimate of drug-likeness (QED) is 0.404. The van der Waals surface area contributed by atoms with E-state index >= 15 is 0 Å². The zero-order chi connectivity index (χ0) is 15.1. The summed E-state index contributed by atoms with van der Waals surface area (Å²) >= 11 is 0.938. The van der Waals surface area contributed by atoms with Crippen molar-refractivity contribution in [3.8, 4) is 0 Å². The van der Waals surface area contributed by atoms with Crippen molar-refractivity contribution >= 4 is 33.8 Å². The molecule has 2 N–H and O–H groups in total. The number of nitrogen functional groups attached to an aromatic ring is 1. The number of amides is 2. The minimum Gasteiger partial charge on any atom is -0.398 e. The molecule has 2 heterocycles. The summed E-state index contributed by atoms with van der Waals surface area (Å²) in [6.45, 7) is 0.00426. The van der Waals surface area contributed by atoms with Crippen LogP contribution in [0.1, 0.15) is 25.6 Å². The van der Waals surface area contributed by atoms with E-state index in [9.17, 15) is 19.7 Å². The highest BCUT2D eigenvalue weighted by atomic mass is 32.1. The molecule has 0 saturated carbocycles. The molecule has 8 heteroatoms. The van der Waals surface area contributed by atoms with Crippen LogP contribution in [0.25, 0.3) is 0 Å². The number of carbonyl (C=O) groups is 2. The Kier molecular flexibility index (Phi) is 2.95. The third kappa shape index (κ3) is 2.05. The Bertz CT molecular complexity index is 783. The number of benzene rings is 1. The molecule has 0 radical (unpaired) electrons. The monoisotopic (exact) mass is 303 g/mol. The van der Waals surface area contributed by atoms with Gasteiger partial charge in [0.25, 0.3) is 11.8 Å². The fourth-order valence-corrected chi connectivity index (χ4v) is 3.02. The number of thiophene rings is 1. The maximum absolute atomic E-state index is 12.3. The summed E-state index contributed by atoms with van der Waals surface area (Å²) in [6, 6.07) is 7.60. The summed E-state index contributed by atoms with van der Waals surface area (Å²) in [5, 5.41) is 10.6. The average molecular weight is 303 g/mol. The lowest BCUT2D eigenvalue weighted by Crippen LogP contribution is -2.28. The number of nitrogens with zero attached hydrogens (tertiary/aromatic N) is 2. The van der Waals surface area contributed by atoms with Gasteiger partial charge in [-0.05, 0) is 18.2 Å². The van der Waals surface area contributed by atoms with E-state index in [4.69, 9.17) is 5.73 Å². The first-order chi connectivity index (χ1) is 9.99. The Hall–Kier alpha value is -2.74. The number of fused-ring (bicyclic) bond motifs is 1. The van der Waals surface area contributed by atoms with Gasteiger partial charge in [0.05, 0.1) is 22.6 Å². The van der Waals surface area contributed by atoms with E-state index in [0.29, 0.717) is 4.88 Å². The van der Waals surface area contributed by atoms with Crippen LogP contribution in [0.15, 0.2) is 30.3 Å². The van der Waals surface area contributed by atoms with Crippen molar-refractivity contribution < 1.29 is 14.5 Å². The first-order valence-electron chi connectivity index (χ1n) is 5.97. The van der Waals surface area contributed by atoms with E-state index in [1.165, 1.54) is 12.1 Å². The van der Waals surface area contributed by atoms with Crippen molar-refractivity contribution in [1.29, 1.82) is 0 Å². The van der Waals surface area contributed by atoms with Crippen LogP contribution in [0.2, 0.25) is 0 Å². The minimum atomic E-state index is -0.505. The Labute approximate surface area is 122 Å². The van der Waals surface area contributed by atoms with Crippen LogP contribution < -0.4 is 5.73 Å². The van der Waals surface area contributed by atoms with E-state index in [1.807, 2.05) is 0 Å². The van der Waals surface area contributed by atoms with Crippen molar-refractivity contribution in [2.45, 2.75) is 6.54 Å². The predicted molar refractivity (Wildman–Crippen MR) is 76.0 cm³/mol. The molecule has 0 spiro atoms. The molecule has 0 fully saturated rings. The first kappa shape index (κ1) is 13.3. The lowest BCUT2D eigenvalue weighted by atomic mass is 10.1. The molecule has 7 nitrogen and oxygen atoms in total. The predicted octanol–water partition coefficient (Wildman–Crippen LogP) is 2.03. The van der Waals surface area contributed by atoms with Crippen molar-refractivity contribution in [2.75, 3.05) is 5.73 Å². The van der Waals surface area contributed by atoms with E-state index in [-0.39, 0.29) is 28.4 Å². The zero-order valence-electron chi connectivity index (χ0n) is 10.6. The molecule has 3 rings (SSSR count). The van der Waals surface area contributed by atoms with Crippen LogP contribution in [-0.2, 0) is 6.54 Å². The summed E-state index contributed by atoms with van der Waals surface area (Å²) in [5.74, 6) is -0.900. The maximum atomic E-state index is 12.3. The highest BCUT2D eigenvalue weighted by Gasteiger charge is 2.37. The van der Waals surface area contributed by atoms with Gasteiger partial charge in [0.2, 0.25) is 0 Å². The number of rotatable bonds is 3. The maximum Gasteiger partial charge on any atom is 0.324 e. The average Bonchev–Trinajstić information content (AvgIpc) is 3.00. The standard InChI is InChI=1S/C13H9N3O4S/c14-9-3-1-2-8-11(9)13(18)15(12(8)17)6-7-4-5-10(21-7)16(19)20/h1-5H,6,14H2. The fourth-order valence-electron chi connectivity index (χ4n) is 2.21. The van der Waals surface area contributed by atoms with E-state index < -0.39 is 16.7 Å². The van der Waals surface area contributed by atoms with Gasteiger partial charge in [-0.2, -0.15) is 0 Å². The molecule has 0 aliphatic carbocycles. The van der Waals surface area contributed by atoms with Crippen LogP contribution in [0.4, 0.5) is 10.7 Å². The van der Waals surface area contributed by atoms with Gasteiger partial charge in [0, 0.05) is 16.6 Å². The van der Waals surface area contributed by atoms with E-state index in [0.717, 1.165) is 16.2 Å². The van der Waals surface area contributed by atoms with Crippen molar-refractivity contribution in [1.82, 2.24) is 4.90 Å². The molecular weight excluding hydrogens is 294 g/mol. The first-order valence-corrected chi connectivity index (χ1v) is 6.78. The third-order valence-electron chi connectivity index (χ3n) is 3.17. The highest BCUT2D eigenvalue weighted by Crippen LogP contribution is 2.31. The third-order valence-corrected chi connectivity index (χ3v) is 4.19. The summed E-state index contributed by atoms with van der Waals surface area (Å²) < 4.78 is 0. The Morgan fingerprint density at radius 2 is 1.95 bits per heavy atom. The summed E-state index contributed by atoms with van der Waals surface area (Å²) in [4.78, 5) is 36.3. The molecular formula is C13H9N3O4S. The van der Waals surface area contributed by atoms with Gasteiger partial charge in [-0.3, -0.25) is 24.6 Å². The van der Waals surface area contributed by atoms with E-state index in [2.05, 4.69) is 0 Å². The lowest BCUT2D eigenvalue weighted by molar-refractivity contribution is -0.380. The second kappa shape index (κ2) is 4.67. The molecule has 0 bridgehead atoms. The number of imide groups is 1. The molecule has 1 aromatic carbocycles. The fraction of sp³-hybridized carbons (Fsp3) is 0.0769. The van der Waals surface area contributed by atoms with Gasteiger partial charge in [-0.15, -0.1) is 0 Å². The second-order valence-corrected chi connectivity index (χ2v) is 5.61. The van der Waals surface area contributed by atoms with Gasteiger partial charge in [-0.1, -0.05) is 17.4 Å². The smallest absolute Gasteiger partial charge is 0.324 e. The van der Waals surface area contributed by atoms with Gasteiger partial charge in [0.15, 0.2) is 0 Å². The number of carbonyl (C=O) groups excluding carboxylic acids is 2. The second-order valence-electron chi connectivity index (χ2n) is 4.46. The highest BCUT2D eigenvalue weighted by molar-refractivity contribution is 7.15. The number of anilines is 1. The van der Waals surface area contributed by atoms with Gasteiger partial charge >= 0.3 is 5.00 Å². The number of hydrogen-bond donors (Lipinski definition) is 1. The van der Waals surface area contributed by atoms with Gasteiger partial charge < -0.3 is 5.73 Å². The van der Waals surface area contributed by atoms with Gasteiger partial charge in [-0.25, -0.2) is 0 Å². The molecule has 0 unspecified atom stereocenters. The Morgan fingerprint density at radius 3 is 2.57 bits per heavy atom. The van der Waals surface area contributed by atoms with Crippen LogP contribution in [0, 0.1) is 10.1 Å². The Morgan fingerprint density at radius 1 is 1.19 bits per heavy atom. The molecule has 1 aromatic heterocycles. The van der Waals surface area contributed by atoms with E-state index in [1.54, 1.807) is 18.2 Å². The normalized spacial score (nSPS) is 13.6. The number of nitrogens with two attached hydrogens (primary N) is 1. The minimum absolute atomic E-state index is 0.00426. The summed E-state index contributed by atoms with van der Waals surface area (Å²) in [7, 11) is 0. The molecule has 1 aliphatic heterocycles. The topological polar surface area (TPSA) is 107 Å². The molecule has 2 amide bonds.